The minimum atomic E-state index is -0.946. The van der Waals surface area contributed by atoms with Gasteiger partial charge in [0.05, 0.1) is 33.0 Å². The number of hydrogen-bond donors (Lipinski definition) is 4. The Balaban J connectivity index is 4.60. The van der Waals surface area contributed by atoms with Gasteiger partial charge in [0.2, 0.25) is 17.7 Å². The van der Waals surface area contributed by atoms with Crippen LogP contribution in [0.2, 0.25) is 0 Å². The molecule has 0 aliphatic heterocycles. The predicted octanol–water partition coefficient (Wildman–Crippen LogP) is -1.12. The molecule has 0 aliphatic rings. The van der Waals surface area contributed by atoms with E-state index >= 15 is 0 Å². The lowest BCUT2D eigenvalue weighted by atomic mass is 10.1. The summed E-state index contributed by atoms with van der Waals surface area (Å²) in [6.07, 6.45) is -1.18. The summed E-state index contributed by atoms with van der Waals surface area (Å²) in [6, 6.07) is -0.946. The van der Waals surface area contributed by atoms with Crippen LogP contribution in [0.25, 0.3) is 0 Å². The van der Waals surface area contributed by atoms with Crippen molar-refractivity contribution in [3.63, 3.8) is 0 Å². The number of rotatable bonds is 17. The Hall–Kier alpha value is -1.79. The van der Waals surface area contributed by atoms with Crippen LogP contribution in [-0.2, 0) is 33.3 Å². The fourth-order valence-corrected chi connectivity index (χ4v) is 2.21. The number of aliphatic hydroxyl groups is 1. The van der Waals surface area contributed by atoms with E-state index in [9.17, 15) is 14.4 Å². The Kier molecular flexibility index (Phi) is 16.0. The van der Waals surface area contributed by atoms with Crippen LogP contribution < -0.4 is 16.0 Å². The van der Waals surface area contributed by atoms with Crippen molar-refractivity contribution in [1.29, 1.82) is 0 Å². The van der Waals surface area contributed by atoms with Gasteiger partial charge in [-0.2, -0.15) is 0 Å². The van der Waals surface area contributed by atoms with E-state index < -0.39 is 30.3 Å². The highest BCUT2D eigenvalue weighted by molar-refractivity contribution is 5.88. The highest BCUT2D eigenvalue weighted by Crippen LogP contribution is 2.02. The predicted molar refractivity (Wildman–Crippen MR) is 104 cm³/mol. The summed E-state index contributed by atoms with van der Waals surface area (Å²) in [5.74, 6) is -1.30. The van der Waals surface area contributed by atoms with E-state index in [0.717, 1.165) is 0 Å². The van der Waals surface area contributed by atoms with Gasteiger partial charge in [0.15, 0.2) is 0 Å². The molecule has 0 saturated heterocycles. The van der Waals surface area contributed by atoms with Crippen LogP contribution in [0.15, 0.2) is 0 Å². The fourth-order valence-electron chi connectivity index (χ4n) is 2.21. The summed E-state index contributed by atoms with van der Waals surface area (Å²) >= 11 is 0. The lowest BCUT2D eigenvalue weighted by molar-refractivity contribution is -0.133. The van der Waals surface area contributed by atoms with Gasteiger partial charge in [0.1, 0.15) is 18.5 Å². The summed E-state index contributed by atoms with van der Waals surface area (Å²) in [4.78, 5) is 36.3. The normalized spacial score (nSPS) is 14.0. The zero-order valence-corrected chi connectivity index (χ0v) is 17.7. The number of aliphatic hydroxyl groups excluding tert-OH is 1. The van der Waals surface area contributed by atoms with Crippen molar-refractivity contribution in [1.82, 2.24) is 16.0 Å². The second-order valence-corrected chi connectivity index (χ2v) is 6.22. The second kappa shape index (κ2) is 17.1. The van der Waals surface area contributed by atoms with Crippen molar-refractivity contribution < 1.29 is 38.4 Å². The van der Waals surface area contributed by atoms with Crippen LogP contribution in [0.1, 0.15) is 33.1 Å². The first-order valence-corrected chi connectivity index (χ1v) is 9.55. The average molecular weight is 421 g/mol. The maximum atomic E-state index is 12.5. The van der Waals surface area contributed by atoms with E-state index in [-0.39, 0.29) is 31.8 Å². The third-order valence-corrected chi connectivity index (χ3v) is 3.67. The summed E-state index contributed by atoms with van der Waals surface area (Å²) < 4.78 is 20.4. The summed E-state index contributed by atoms with van der Waals surface area (Å²) in [7, 11) is 3.08. The van der Waals surface area contributed by atoms with Gasteiger partial charge < -0.3 is 40.0 Å². The molecule has 0 fully saturated rings. The van der Waals surface area contributed by atoms with E-state index in [1.165, 1.54) is 7.11 Å². The van der Waals surface area contributed by atoms with Crippen LogP contribution in [0.5, 0.6) is 0 Å². The Labute approximate surface area is 171 Å². The average Bonchev–Trinajstić information content (AvgIpc) is 2.65. The number of nitrogens with one attached hydrogen (secondary N) is 3. The largest absolute Gasteiger partial charge is 0.396 e. The topological polar surface area (TPSA) is 144 Å². The van der Waals surface area contributed by atoms with Crippen LogP contribution in [0, 0.1) is 0 Å². The number of carbonyl (C=O) groups excluding carboxylic acids is 3. The highest BCUT2D eigenvalue weighted by Gasteiger charge is 2.23. The van der Waals surface area contributed by atoms with E-state index in [2.05, 4.69) is 16.0 Å². The quantitative estimate of drug-likeness (QED) is 0.171. The van der Waals surface area contributed by atoms with E-state index in [1.54, 1.807) is 21.0 Å². The highest BCUT2D eigenvalue weighted by atomic mass is 16.5. The lowest BCUT2D eigenvalue weighted by Gasteiger charge is -2.22. The zero-order valence-electron chi connectivity index (χ0n) is 17.7. The second-order valence-electron chi connectivity index (χ2n) is 6.22. The molecule has 0 rings (SSSR count). The van der Waals surface area contributed by atoms with Crippen LogP contribution >= 0.6 is 0 Å². The molecule has 0 heterocycles. The fraction of sp³-hybridized carbons (Fsp3) is 0.833. The van der Waals surface area contributed by atoms with Crippen molar-refractivity contribution in [2.75, 3.05) is 47.3 Å². The van der Waals surface area contributed by atoms with Gasteiger partial charge in [-0.1, -0.05) is 0 Å². The number of amides is 3. The standard InChI is InChI=1S/C18H35N3O8/c1-13(28-11-9-26-3)19-16(23)6-5-15(21-17(24)7-8-22)18(25)20-14(2)29-12-10-27-4/h13-15,22H,5-12H2,1-4H3,(H,19,23)(H,20,25)(H,21,24). The first kappa shape index (κ1) is 27.2. The van der Waals surface area contributed by atoms with Gasteiger partial charge >= 0.3 is 0 Å². The van der Waals surface area contributed by atoms with Gasteiger partial charge in [-0.05, 0) is 20.3 Å². The third kappa shape index (κ3) is 14.8. The summed E-state index contributed by atoms with van der Waals surface area (Å²) in [5.41, 5.74) is 0. The Morgan fingerprint density at radius 2 is 1.31 bits per heavy atom. The molecule has 170 valence electrons. The molecular formula is C18H35N3O8. The van der Waals surface area contributed by atoms with Crippen molar-refractivity contribution >= 4 is 17.7 Å². The molecule has 0 saturated carbocycles. The first-order chi connectivity index (χ1) is 13.8. The maximum absolute atomic E-state index is 12.5. The van der Waals surface area contributed by atoms with E-state index in [1.807, 2.05) is 0 Å². The molecule has 3 amide bonds. The van der Waals surface area contributed by atoms with Gasteiger partial charge in [-0.3, -0.25) is 14.4 Å². The molecule has 11 nitrogen and oxygen atoms in total. The molecule has 0 aromatic heterocycles. The van der Waals surface area contributed by atoms with Crippen molar-refractivity contribution in [2.24, 2.45) is 0 Å². The molecule has 11 heteroatoms. The minimum absolute atomic E-state index is 0.00557. The third-order valence-electron chi connectivity index (χ3n) is 3.67. The molecule has 0 aliphatic carbocycles. The molecule has 4 N–H and O–H groups in total. The van der Waals surface area contributed by atoms with Crippen molar-refractivity contribution in [3.05, 3.63) is 0 Å². The SMILES string of the molecule is COCCOC(C)NC(=O)CCC(NC(=O)CCO)C(=O)NC(C)OCCOC. The molecule has 0 bridgehead atoms. The van der Waals surface area contributed by atoms with Crippen LogP contribution in [0.4, 0.5) is 0 Å². The Bertz CT molecular complexity index is 478. The summed E-state index contributed by atoms with van der Waals surface area (Å²) in [6.45, 7) is 4.40. The van der Waals surface area contributed by atoms with Gasteiger partial charge in [-0.25, -0.2) is 0 Å². The smallest absolute Gasteiger partial charge is 0.244 e. The van der Waals surface area contributed by atoms with E-state index in [0.29, 0.717) is 26.4 Å². The lowest BCUT2D eigenvalue weighted by Crippen LogP contribution is -2.50. The molecule has 3 unspecified atom stereocenters. The van der Waals surface area contributed by atoms with Crippen molar-refractivity contribution in [2.45, 2.75) is 51.6 Å². The monoisotopic (exact) mass is 421 g/mol. The molecule has 0 aromatic rings. The van der Waals surface area contributed by atoms with Gasteiger partial charge in [0, 0.05) is 27.1 Å². The maximum Gasteiger partial charge on any atom is 0.244 e. The molecule has 0 spiro atoms. The molecule has 29 heavy (non-hydrogen) atoms. The molecule has 3 atom stereocenters. The number of hydrogen-bond acceptors (Lipinski definition) is 8. The molecule has 0 radical (unpaired) electrons. The van der Waals surface area contributed by atoms with E-state index in [4.69, 9.17) is 24.1 Å². The van der Waals surface area contributed by atoms with Crippen LogP contribution in [0.3, 0.4) is 0 Å². The number of carbonyl (C=O) groups is 3. The van der Waals surface area contributed by atoms with Gasteiger partial charge in [-0.15, -0.1) is 0 Å². The Morgan fingerprint density at radius 1 is 0.793 bits per heavy atom. The number of ether oxygens (including phenoxy) is 4. The Morgan fingerprint density at radius 3 is 1.83 bits per heavy atom. The number of methoxy groups -OCH3 is 2. The zero-order chi connectivity index (χ0) is 22.1. The minimum Gasteiger partial charge on any atom is -0.396 e. The molecule has 0 aromatic carbocycles. The van der Waals surface area contributed by atoms with Gasteiger partial charge in [0.25, 0.3) is 0 Å². The molecular weight excluding hydrogens is 386 g/mol. The van der Waals surface area contributed by atoms with Crippen molar-refractivity contribution in [3.8, 4) is 0 Å². The van der Waals surface area contributed by atoms with Crippen LogP contribution in [-0.4, -0.2) is 88.6 Å². The first-order valence-electron chi connectivity index (χ1n) is 9.55. The summed E-state index contributed by atoms with van der Waals surface area (Å²) in [5, 5.41) is 16.7.